The standard InChI is InChI=1S/C25H28BrN5OS/c1-5-6-14-33-25-29-24-27-17(4)21(23(32)28-20-9-7-8-15(2)16(20)3)22(31(24)30-25)18-10-12-19(26)13-11-18/h7-13,22H,5-6,14H2,1-4H3,(H,28,32)(H,27,29,30). The van der Waals surface area contributed by atoms with Gasteiger partial charge < -0.3 is 10.6 Å². The highest BCUT2D eigenvalue weighted by atomic mass is 79.9. The largest absolute Gasteiger partial charge is 0.328 e. The predicted octanol–water partition coefficient (Wildman–Crippen LogP) is 6.48. The Hall–Kier alpha value is -2.58. The van der Waals surface area contributed by atoms with Crippen LogP contribution in [0.3, 0.4) is 0 Å². The summed E-state index contributed by atoms with van der Waals surface area (Å²) in [5, 5.41) is 11.9. The molecule has 1 aliphatic heterocycles. The fourth-order valence-electron chi connectivity index (χ4n) is 3.82. The van der Waals surface area contributed by atoms with E-state index in [0.717, 1.165) is 56.3 Å². The lowest BCUT2D eigenvalue weighted by molar-refractivity contribution is -0.113. The summed E-state index contributed by atoms with van der Waals surface area (Å²) in [6.07, 6.45) is 2.24. The van der Waals surface area contributed by atoms with Gasteiger partial charge in [0.05, 0.1) is 5.57 Å². The number of anilines is 2. The van der Waals surface area contributed by atoms with E-state index in [4.69, 9.17) is 10.1 Å². The normalized spacial score (nSPS) is 15.2. The van der Waals surface area contributed by atoms with Crippen molar-refractivity contribution >= 4 is 45.2 Å². The van der Waals surface area contributed by atoms with E-state index in [0.29, 0.717) is 11.5 Å². The second-order valence-electron chi connectivity index (χ2n) is 8.18. The summed E-state index contributed by atoms with van der Waals surface area (Å²) in [6, 6.07) is 13.6. The number of halogens is 1. The van der Waals surface area contributed by atoms with Gasteiger partial charge in [-0.25, -0.2) is 4.68 Å². The Kier molecular flexibility index (Phi) is 7.24. The van der Waals surface area contributed by atoms with Crippen LogP contribution in [0, 0.1) is 13.8 Å². The second kappa shape index (κ2) is 10.1. The molecular weight excluding hydrogens is 498 g/mol. The van der Waals surface area contributed by atoms with Gasteiger partial charge in [-0.2, -0.15) is 4.98 Å². The zero-order valence-corrected chi connectivity index (χ0v) is 21.7. The minimum Gasteiger partial charge on any atom is -0.328 e. The Bertz CT molecular complexity index is 1200. The van der Waals surface area contributed by atoms with Crippen molar-refractivity contribution in [2.45, 2.75) is 51.7 Å². The molecule has 0 saturated carbocycles. The summed E-state index contributed by atoms with van der Waals surface area (Å²) < 4.78 is 2.82. The number of carbonyl (C=O) groups is 1. The lowest BCUT2D eigenvalue weighted by atomic mass is 9.95. The molecule has 33 heavy (non-hydrogen) atoms. The number of carbonyl (C=O) groups excluding carboxylic acids is 1. The number of allylic oxidation sites excluding steroid dienone is 1. The maximum absolute atomic E-state index is 13.6. The number of fused-ring (bicyclic) bond motifs is 1. The van der Waals surface area contributed by atoms with Gasteiger partial charge in [0.25, 0.3) is 5.91 Å². The van der Waals surface area contributed by atoms with Crippen molar-refractivity contribution < 1.29 is 4.79 Å². The van der Waals surface area contributed by atoms with Gasteiger partial charge in [0.2, 0.25) is 11.1 Å². The maximum Gasteiger partial charge on any atom is 0.255 e. The lowest BCUT2D eigenvalue weighted by Crippen LogP contribution is -2.31. The average Bonchev–Trinajstić information content (AvgIpc) is 3.19. The number of aromatic nitrogens is 3. The Morgan fingerprint density at radius 3 is 2.67 bits per heavy atom. The molecular formula is C25H28BrN5OS. The number of hydrogen-bond acceptors (Lipinski definition) is 5. The molecule has 172 valence electrons. The van der Waals surface area contributed by atoms with Crippen LogP contribution in [0.1, 0.15) is 49.4 Å². The van der Waals surface area contributed by atoms with Crippen molar-refractivity contribution in [2.75, 3.05) is 16.4 Å². The predicted molar refractivity (Wildman–Crippen MR) is 139 cm³/mol. The number of thioether (sulfide) groups is 1. The van der Waals surface area contributed by atoms with Crippen LogP contribution in [-0.2, 0) is 4.79 Å². The van der Waals surface area contributed by atoms with Crippen LogP contribution >= 0.6 is 27.7 Å². The SMILES string of the molecule is CCCCSc1nc2n(n1)C(c1ccc(Br)cc1)C(C(=O)Nc1cccc(C)c1C)=C(C)N2. The highest BCUT2D eigenvalue weighted by Crippen LogP contribution is 2.37. The van der Waals surface area contributed by atoms with Crippen LogP contribution in [-0.4, -0.2) is 26.4 Å². The third kappa shape index (κ3) is 5.01. The molecule has 1 atom stereocenters. The molecule has 2 aromatic carbocycles. The third-order valence-corrected chi connectivity index (χ3v) is 7.30. The molecule has 0 aliphatic carbocycles. The first kappa shape index (κ1) is 23.6. The zero-order valence-electron chi connectivity index (χ0n) is 19.3. The number of unbranched alkanes of at least 4 members (excludes halogenated alkanes) is 1. The third-order valence-electron chi connectivity index (χ3n) is 5.85. The smallest absolute Gasteiger partial charge is 0.255 e. The zero-order chi connectivity index (χ0) is 23.5. The van der Waals surface area contributed by atoms with E-state index >= 15 is 0 Å². The topological polar surface area (TPSA) is 71.8 Å². The molecule has 6 nitrogen and oxygen atoms in total. The van der Waals surface area contributed by atoms with Gasteiger partial charge in [-0.15, -0.1) is 5.10 Å². The number of aryl methyl sites for hydroxylation is 1. The fourth-order valence-corrected chi connectivity index (χ4v) is 5.00. The first-order chi connectivity index (χ1) is 15.9. The van der Waals surface area contributed by atoms with Crippen LogP contribution in [0.2, 0.25) is 0 Å². The maximum atomic E-state index is 13.6. The van der Waals surface area contributed by atoms with E-state index in [9.17, 15) is 4.79 Å². The molecule has 0 saturated heterocycles. The number of hydrogen-bond donors (Lipinski definition) is 2. The van der Waals surface area contributed by atoms with E-state index < -0.39 is 0 Å². The van der Waals surface area contributed by atoms with Gasteiger partial charge in [0, 0.05) is 21.6 Å². The second-order valence-corrected chi connectivity index (χ2v) is 10.2. The molecule has 2 N–H and O–H groups in total. The molecule has 0 bridgehead atoms. The summed E-state index contributed by atoms with van der Waals surface area (Å²) in [6.45, 7) is 8.16. The molecule has 0 radical (unpaired) electrons. The summed E-state index contributed by atoms with van der Waals surface area (Å²) in [7, 11) is 0. The molecule has 1 aromatic heterocycles. The minimum atomic E-state index is -0.382. The Balaban J connectivity index is 1.73. The molecule has 3 aromatic rings. The van der Waals surface area contributed by atoms with Gasteiger partial charge in [-0.3, -0.25) is 4.79 Å². The number of nitrogens with zero attached hydrogens (tertiary/aromatic N) is 3. The molecule has 8 heteroatoms. The van der Waals surface area contributed by atoms with Gasteiger partial charge in [0.15, 0.2) is 0 Å². The van der Waals surface area contributed by atoms with Gasteiger partial charge in [-0.1, -0.05) is 65.3 Å². The Labute approximate surface area is 207 Å². The van der Waals surface area contributed by atoms with E-state index in [1.54, 1.807) is 11.8 Å². The van der Waals surface area contributed by atoms with Crippen molar-refractivity contribution in [1.82, 2.24) is 14.8 Å². The number of amides is 1. The highest BCUT2D eigenvalue weighted by Gasteiger charge is 2.34. The molecule has 0 fully saturated rings. The van der Waals surface area contributed by atoms with Crippen molar-refractivity contribution in [1.29, 1.82) is 0 Å². The molecule has 4 rings (SSSR count). The van der Waals surface area contributed by atoms with Crippen LogP contribution in [0.25, 0.3) is 0 Å². The highest BCUT2D eigenvalue weighted by molar-refractivity contribution is 9.10. The monoisotopic (exact) mass is 525 g/mol. The van der Waals surface area contributed by atoms with E-state index in [2.05, 4.69) is 33.5 Å². The van der Waals surface area contributed by atoms with Crippen LogP contribution in [0.5, 0.6) is 0 Å². The number of benzene rings is 2. The molecule has 2 heterocycles. The molecule has 0 spiro atoms. The first-order valence-corrected chi connectivity index (χ1v) is 12.9. The number of rotatable bonds is 7. The molecule has 1 unspecified atom stereocenters. The van der Waals surface area contributed by atoms with Gasteiger partial charge in [0.1, 0.15) is 6.04 Å². The van der Waals surface area contributed by atoms with Crippen molar-refractivity contribution in [3.05, 3.63) is 74.9 Å². The summed E-state index contributed by atoms with van der Waals surface area (Å²) >= 11 is 5.16. The average molecular weight is 527 g/mol. The summed E-state index contributed by atoms with van der Waals surface area (Å²) in [4.78, 5) is 18.3. The van der Waals surface area contributed by atoms with E-state index in [-0.39, 0.29) is 11.9 Å². The first-order valence-electron chi connectivity index (χ1n) is 11.1. The Morgan fingerprint density at radius 2 is 1.94 bits per heavy atom. The van der Waals surface area contributed by atoms with Crippen LogP contribution < -0.4 is 10.6 Å². The van der Waals surface area contributed by atoms with E-state index in [1.165, 1.54) is 0 Å². The quantitative estimate of drug-likeness (QED) is 0.273. The molecule has 1 aliphatic rings. The summed E-state index contributed by atoms with van der Waals surface area (Å²) in [5.41, 5.74) is 5.38. The minimum absolute atomic E-state index is 0.150. The van der Waals surface area contributed by atoms with Crippen LogP contribution in [0.15, 0.2) is 63.4 Å². The fraction of sp³-hybridized carbons (Fsp3) is 0.320. The summed E-state index contributed by atoms with van der Waals surface area (Å²) in [5.74, 6) is 1.47. The van der Waals surface area contributed by atoms with E-state index in [1.807, 2.05) is 67.9 Å². The van der Waals surface area contributed by atoms with Crippen molar-refractivity contribution in [2.24, 2.45) is 0 Å². The number of nitrogens with one attached hydrogen (secondary N) is 2. The Morgan fingerprint density at radius 1 is 1.18 bits per heavy atom. The molecule has 1 amide bonds. The van der Waals surface area contributed by atoms with Crippen LogP contribution in [0.4, 0.5) is 11.6 Å². The lowest BCUT2D eigenvalue weighted by Gasteiger charge is -2.29. The van der Waals surface area contributed by atoms with Gasteiger partial charge in [-0.05, 0) is 62.1 Å². The van der Waals surface area contributed by atoms with Gasteiger partial charge >= 0.3 is 0 Å². The van der Waals surface area contributed by atoms with Crippen molar-refractivity contribution in [3.8, 4) is 0 Å². The van der Waals surface area contributed by atoms with Crippen molar-refractivity contribution in [3.63, 3.8) is 0 Å².